The van der Waals surface area contributed by atoms with Crippen LogP contribution in [0.15, 0.2) is 0 Å². The molecule has 0 fully saturated rings. The summed E-state index contributed by atoms with van der Waals surface area (Å²) in [7, 11) is 1.87. The van der Waals surface area contributed by atoms with Crippen molar-refractivity contribution in [1.29, 1.82) is 0 Å². The van der Waals surface area contributed by atoms with E-state index in [1.54, 1.807) is 0 Å². The van der Waals surface area contributed by atoms with Gasteiger partial charge in [-0.1, -0.05) is 84.0 Å². The summed E-state index contributed by atoms with van der Waals surface area (Å²) >= 11 is 0. The van der Waals surface area contributed by atoms with Gasteiger partial charge in [0.25, 0.3) is 0 Å². The van der Waals surface area contributed by atoms with Gasteiger partial charge in [-0.05, 0) is 13.5 Å². The number of hydrogen-bond donors (Lipinski definition) is 3. The molecular weight excluding hydrogens is 288 g/mol. The summed E-state index contributed by atoms with van der Waals surface area (Å²) in [6.45, 7) is 3.53. The number of nitrogens with one attached hydrogen (secondary N) is 1. The highest BCUT2D eigenvalue weighted by atomic mass is 16.3. The Kier molecular flexibility index (Phi) is 18.1. The molecule has 0 aromatic heterocycles. The maximum Gasteiger partial charge on any atom is 0.0911 e. The molecule has 0 radical (unpaired) electrons. The van der Waals surface area contributed by atoms with Gasteiger partial charge in [0.2, 0.25) is 0 Å². The molecule has 0 amide bonds. The van der Waals surface area contributed by atoms with E-state index in [2.05, 4.69) is 12.3 Å². The maximum absolute atomic E-state index is 9.43. The summed E-state index contributed by atoms with van der Waals surface area (Å²) in [5.41, 5.74) is 3.07. The third kappa shape index (κ3) is 16.5. The lowest BCUT2D eigenvalue weighted by Crippen LogP contribution is -2.42. The van der Waals surface area contributed by atoms with Crippen molar-refractivity contribution in [2.45, 2.75) is 96.5 Å². The van der Waals surface area contributed by atoms with Gasteiger partial charge in [-0.3, -0.25) is 5.43 Å². The van der Waals surface area contributed by atoms with Crippen molar-refractivity contribution in [1.82, 2.24) is 10.4 Å². The molecule has 1 atom stereocenters. The average Bonchev–Trinajstić information content (AvgIpc) is 2.57. The van der Waals surface area contributed by atoms with Crippen LogP contribution in [0.5, 0.6) is 0 Å². The Balaban J connectivity index is 3.23. The van der Waals surface area contributed by atoms with Gasteiger partial charge in [0, 0.05) is 13.1 Å². The smallest absolute Gasteiger partial charge is 0.0911 e. The number of aliphatic hydroxyl groups is 2. The van der Waals surface area contributed by atoms with E-state index in [0.717, 1.165) is 13.0 Å². The fourth-order valence-corrected chi connectivity index (χ4v) is 2.93. The molecule has 0 bridgehead atoms. The number of rotatable bonds is 18. The summed E-state index contributed by atoms with van der Waals surface area (Å²) in [4.78, 5) is 0. The zero-order valence-electron chi connectivity index (χ0n) is 15.7. The molecular formula is C19H42N2O2. The van der Waals surface area contributed by atoms with Crippen molar-refractivity contribution in [3.05, 3.63) is 0 Å². The largest absolute Gasteiger partial charge is 0.394 e. The molecule has 140 valence electrons. The molecule has 0 aromatic carbocycles. The minimum Gasteiger partial charge on any atom is -0.394 e. The van der Waals surface area contributed by atoms with Crippen LogP contribution in [0.25, 0.3) is 0 Å². The lowest BCUT2D eigenvalue weighted by atomic mass is 10.0. The first-order valence-electron chi connectivity index (χ1n) is 9.95. The summed E-state index contributed by atoms with van der Waals surface area (Å²) in [5, 5.41) is 20.3. The van der Waals surface area contributed by atoms with Crippen LogP contribution in [-0.4, -0.2) is 48.1 Å². The molecule has 4 heteroatoms. The van der Waals surface area contributed by atoms with E-state index in [4.69, 9.17) is 5.11 Å². The van der Waals surface area contributed by atoms with Crippen molar-refractivity contribution in [3.63, 3.8) is 0 Å². The number of hydrazine groups is 1. The van der Waals surface area contributed by atoms with Gasteiger partial charge in [-0.15, -0.1) is 0 Å². The Labute approximate surface area is 144 Å². The molecule has 0 aliphatic rings. The standard InChI is InChI=1S/C19H42N2O2/c1-3-4-5-6-7-8-9-10-11-12-13-14-15-16-21(20-2)17-19(23)18-22/h19-20,22-23H,3-18H2,1-2H3. The van der Waals surface area contributed by atoms with Crippen molar-refractivity contribution < 1.29 is 10.2 Å². The maximum atomic E-state index is 9.43. The molecule has 0 spiro atoms. The Hall–Kier alpha value is -0.160. The SMILES string of the molecule is CCCCCCCCCCCCCCCN(CC(O)CO)NC. The lowest BCUT2D eigenvalue weighted by molar-refractivity contribution is 0.0440. The lowest BCUT2D eigenvalue weighted by Gasteiger charge is -2.23. The van der Waals surface area contributed by atoms with Crippen LogP contribution >= 0.6 is 0 Å². The predicted molar refractivity (Wildman–Crippen MR) is 99.4 cm³/mol. The van der Waals surface area contributed by atoms with Gasteiger partial charge in [0.05, 0.1) is 12.7 Å². The Morgan fingerprint density at radius 1 is 0.783 bits per heavy atom. The topological polar surface area (TPSA) is 55.7 Å². The minimum absolute atomic E-state index is 0.170. The monoisotopic (exact) mass is 330 g/mol. The van der Waals surface area contributed by atoms with Crippen LogP contribution in [-0.2, 0) is 0 Å². The molecule has 3 N–H and O–H groups in total. The second-order valence-electron chi connectivity index (χ2n) is 6.75. The molecule has 1 unspecified atom stereocenters. The summed E-state index contributed by atoms with van der Waals surface area (Å²) in [6.07, 6.45) is 17.1. The van der Waals surface area contributed by atoms with E-state index in [-0.39, 0.29) is 6.61 Å². The normalized spacial score (nSPS) is 12.9. The Morgan fingerprint density at radius 3 is 1.61 bits per heavy atom. The van der Waals surface area contributed by atoms with Gasteiger partial charge in [-0.25, -0.2) is 5.01 Å². The zero-order chi connectivity index (χ0) is 17.2. The zero-order valence-corrected chi connectivity index (χ0v) is 15.7. The van der Waals surface area contributed by atoms with Crippen molar-refractivity contribution in [2.24, 2.45) is 0 Å². The summed E-state index contributed by atoms with van der Waals surface area (Å²) in [5.74, 6) is 0. The van der Waals surface area contributed by atoms with E-state index < -0.39 is 6.10 Å². The van der Waals surface area contributed by atoms with Gasteiger partial charge in [0.15, 0.2) is 0 Å². The van der Waals surface area contributed by atoms with E-state index in [1.807, 2.05) is 12.1 Å². The second-order valence-corrected chi connectivity index (χ2v) is 6.75. The molecule has 0 rings (SSSR count). The van der Waals surface area contributed by atoms with Gasteiger partial charge in [0.1, 0.15) is 0 Å². The third-order valence-electron chi connectivity index (χ3n) is 4.49. The van der Waals surface area contributed by atoms with E-state index in [0.29, 0.717) is 6.54 Å². The highest BCUT2D eigenvalue weighted by Gasteiger charge is 2.08. The predicted octanol–water partition coefficient (Wildman–Crippen LogP) is 3.87. The van der Waals surface area contributed by atoms with Crippen LogP contribution in [0.2, 0.25) is 0 Å². The minimum atomic E-state index is -0.649. The average molecular weight is 331 g/mol. The van der Waals surface area contributed by atoms with E-state index >= 15 is 0 Å². The van der Waals surface area contributed by atoms with E-state index in [1.165, 1.54) is 77.0 Å². The molecule has 4 nitrogen and oxygen atoms in total. The highest BCUT2D eigenvalue weighted by Crippen LogP contribution is 2.12. The molecule has 0 heterocycles. The number of hydrogen-bond acceptors (Lipinski definition) is 4. The van der Waals surface area contributed by atoms with Gasteiger partial charge < -0.3 is 10.2 Å². The second kappa shape index (κ2) is 18.2. The first kappa shape index (κ1) is 22.8. The first-order chi connectivity index (χ1) is 11.2. The number of unbranched alkanes of at least 4 members (excludes halogenated alkanes) is 12. The van der Waals surface area contributed by atoms with Crippen molar-refractivity contribution >= 4 is 0 Å². The molecule has 0 saturated heterocycles. The fourth-order valence-electron chi connectivity index (χ4n) is 2.93. The van der Waals surface area contributed by atoms with Gasteiger partial charge >= 0.3 is 0 Å². The molecule has 0 saturated carbocycles. The van der Waals surface area contributed by atoms with Crippen LogP contribution in [0.3, 0.4) is 0 Å². The van der Waals surface area contributed by atoms with Crippen molar-refractivity contribution in [2.75, 3.05) is 26.7 Å². The summed E-state index contributed by atoms with van der Waals surface area (Å²) in [6, 6.07) is 0. The summed E-state index contributed by atoms with van der Waals surface area (Å²) < 4.78 is 0. The molecule has 0 aromatic rings. The van der Waals surface area contributed by atoms with Crippen LogP contribution < -0.4 is 5.43 Å². The number of aliphatic hydroxyl groups excluding tert-OH is 2. The first-order valence-corrected chi connectivity index (χ1v) is 9.95. The third-order valence-corrected chi connectivity index (χ3v) is 4.49. The van der Waals surface area contributed by atoms with Crippen LogP contribution in [0.4, 0.5) is 0 Å². The van der Waals surface area contributed by atoms with Crippen molar-refractivity contribution in [3.8, 4) is 0 Å². The van der Waals surface area contributed by atoms with Gasteiger partial charge in [-0.2, -0.15) is 0 Å². The van der Waals surface area contributed by atoms with Crippen LogP contribution in [0, 0.1) is 0 Å². The fraction of sp³-hybridized carbons (Fsp3) is 1.00. The molecule has 0 aliphatic carbocycles. The quantitative estimate of drug-likeness (QED) is 0.264. The Bertz CT molecular complexity index is 227. The Morgan fingerprint density at radius 2 is 1.22 bits per heavy atom. The highest BCUT2D eigenvalue weighted by molar-refractivity contribution is 4.59. The molecule has 0 aliphatic heterocycles. The number of nitrogens with zero attached hydrogens (tertiary/aromatic N) is 1. The van der Waals surface area contributed by atoms with Crippen LogP contribution in [0.1, 0.15) is 90.4 Å². The van der Waals surface area contributed by atoms with E-state index in [9.17, 15) is 5.11 Å². The molecule has 23 heavy (non-hydrogen) atoms.